The molecule has 0 saturated carbocycles. The molecule has 0 spiro atoms. The highest BCUT2D eigenvalue weighted by atomic mass is 32.2. The minimum atomic E-state index is -3.08. The highest BCUT2D eigenvalue weighted by Crippen LogP contribution is 2.20. The molecule has 1 aromatic carbocycles. The van der Waals surface area contributed by atoms with Crippen LogP contribution in [-0.4, -0.2) is 33.5 Å². The van der Waals surface area contributed by atoms with Crippen molar-refractivity contribution in [2.45, 2.75) is 22.8 Å². The standard InChI is InChI=1S/C11H17NO2S2/c1-9(12-2)8-15-10-4-6-11(7-5-10)16(3,13)14/h4-7,9,12H,8H2,1-3H3. The van der Waals surface area contributed by atoms with E-state index in [1.165, 1.54) is 6.26 Å². The summed E-state index contributed by atoms with van der Waals surface area (Å²) in [6.07, 6.45) is 1.22. The summed E-state index contributed by atoms with van der Waals surface area (Å²) in [5.74, 6) is 0.967. The Morgan fingerprint density at radius 3 is 2.31 bits per heavy atom. The van der Waals surface area contributed by atoms with Crippen molar-refractivity contribution in [1.29, 1.82) is 0 Å². The Labute approximate surface area is 102 Å². The lowest BCUT2D eigenvalue weighted by Gasteiger charge is -2.09. The lowest BCUT2D eigenvalue weighted by Crippen LogP contribution is -2.23. The highest BCUT2D eigenvalue weighted by Gasteiger charge is 2.06. The van der Waals surface area contributed by atoms with Crippen molar-refractivity contribution >= 4 is 21.6 Å². The molecule has 90 valence electrons. The number of thioether (sulfide) groups is 1. The monoisotopic (exact) mass is 259 g/mol. The van der Waals surface area contributed by atoms with Crippen LogP contribution in [-0.2, 0) is 9.84 Å². The molecule has 0 aromatic heterocycles. The van der Waals surface area contributed by atoms with Gasteiger partial charge in [-0.3, -0.25) is 0 Å². The molecule has 1 aromatic rings. The molecule has 0 aliphatic carbocycles. The molecule has 0 heterocycles. The van der Waals surface area contributed by atoms with Gasteiger partial charge in [0.05, 0.1) is 4.90 Å². The van der Waals surface area contributed by atoms with E-state index in [0.29, 0.717) is 10.9 Å². The molecule has 1 atom stereocenters. The molecule has 0 aliphatic rings. The Bertz CT molecular complexity index is 426. The third-order valence-electron chi connectivity index (χ3n) is 2.24. The van der Waals surface area contributed by atoms with Crippen LogP contribution in [0.1, 0.15) is 6.92 Å². The normalized spacial score (nSPS) is 13.7. The number of nitrogens with one attached hydrogen (secondary N) is 1. The van der Waals surface area contributed by atoms with Crippen molar-refractivity contribution in [2.75, 3.05) is 19.1 Å². The molecular weight excluding hydrogens is 242 g/mol. The maximum Gasteiger partial charge on any atom is 0.175 e. The number of rotatable bonds is 5. The number of sulfone groups is 1. The summed E-state index contributed by atoms with van der Waals surface area (Å²) in [6, 6.07) is 7.45. The van der Waals surface area contributed by atoms with Gasteiger partial charge in [0.2, 0.25) is 0 Å². The summed E-state index contributed by atoms with van der Waals surface area (Å²) >= 11 is 1.72. The van der Waals surface area contributed by atoms with Crippen LogP contribution < -0.4 is 5.32 Å². The summed E-state index contributed by atoms with van der Waals surface area (Å²) in [5, 5.41) is 3.15. The van der Waals surface area contributed by atoms with Gasteiger partial charge < -0.3 is 5.32 Å². The van der Waals surface area contributed by atoms with Gasteiger partial charge in [0.15, 0.2) is 9.84 Å². The van der Waals surface area contributed by atoms with E-state index < -0.39 is 9.84 Å². The minimum Gasteiger partial charge on any atom is -0.316 e. The summed E-state index contributed by atoms with van der Waals surface area (Å²) in [7, 11) is -1.15. The van der Waals surface area contributed by atoms with Crippen LogP contribution in [0, 0.1) is 0 Å². The van der Waals surface area contributed by atoms with E-state index >= 15 is 0 Å². The molecular formula is C11H17NO2S2. The van der Waals surface area contributed by atoms with Gasteiger partial charge in [-0.05, 0) is 38.2 Å². The average molecular weight is 259 g/mol. The zero-order chi connectivity index (χ0) is 12.2. The molecule has 0 bridgehead atoms. The lowest BCUT2D eigenvalue weighted by molar-refractivity contribution is 0.602. The number of hydrogen-bond donors (Lipinski definition) is 1. The minimum absolute atomic E-state index is 0.374. The second-order valence-electron chi connectivity index (χ2n) is 3.74. The molecule has 1 N–H and O–H groups in total. The van der Waals surface area contributed by atoms with Gasteiger partial charge >= 0.3 is 0 Å². The van der Waals surface area contributed by atoms with Gasteiger partial charge in [0, 0.05) is 22.9 Å². The zero-order valence-corrected chi connectivity index (χ0v) is 11.4. The second kappa shape index (κ2) is 5.70. The van der Waals surface area contributed by atoms with Gasteiger partial charge in [-0.2, -0.15) is 0 Å². The van der Waals surface area contributed by atoms with E-state index in [9.17, 15) is 8.42 Å². The Hall–Kier alpha value is -0.520. The van der Waals surface area contributed by atoms with Gasteiger partial charge in [-0.15, -0.1) is 11.8 Å². The highest BCUT2D eigenvalue weighted by molar-refractivity contribution is 7.99. The van der Waals surface area contributed by atoms with E-state index in [0.717, 1.165) is 10.6 Å². The van der Waals surface area contributed by atoms with Crippen molar-refractivity contribution in [3.63, 3.8) is 0 Å². The fourth-order valence-electron chi connectivity index (χ4n) is 1.09. The number of benzene rings is 1. The first-order valence-electron chi connectivity index (χ1n) is 5.03. The molecule has 0 amide bonds. The predicted octanol–water partition coefficient (Wildman–Crippen LogP) is 1.79. The van der Waals surface area contributed by atoms with E-state index in [4.69, 9.17) is 0 Å². The Morgan fingerprint density at radius 2 is 1.88 bits per heavy atom. The Balaban J connectivity index is 2.66. The van der Waals surface area contributed by atoms with Crippen LogP contribution in [0.25, 0.3) is 0 Å². The molecule has 5 heteroatoms. The van der Waals surface area contributed by atoms with Crippen molar-refractivity contribution in [3.8, 4) is 0 Å². The summed E-state index contributed by atoms with van der Waals surface area (Å²) in [6.45, 7) is 2.11. The SMILES string of the molecule is CNC(C)CSc1ccc(S(C)(=O)=O)cc1. The van der Waals surface area contributed by atoms with Crippen LogP contribution in [0.2, 0.25) is 0 Å². The Morgan fingerprint density at radius 1 is 1.31 bits per heavy atom. The predicted molar refractivity (Wildman–Crippen MR) is 68.8 cm³/mol. The first-order chi connectivity index (χ1) is 7.43. The van der Waals surface area contributed by atoms with Gasteiger partial charge in [-0.25, -0.2) is 8.42 Å². The summed E-state index contributed by atoms with van der Waals surface area (Å²) in [5.41, 5.74) is 0. The van der Waals surface area contributed by atoms with Gasteiger partial charge in [0.25, 0.3) is 0 Å². The molecule has 1 unspecified atom stereocenters. The third-order valence-corrected chi connectivity index (χ3v) is 4.65. The molecule has 0 saturated heterocycles. The van der Waals surface area contributed by atoms with Gasteiger partial charge in [-0.1, -0.05) is 0 Å². The van der Waals surface area contributed by atoms with Crippen LogP contribution in [0.3, 0.4) is 0 Å². The maximum atomic E-state index is 11.2. The molecule has 0 radical (unpaired) electrons. The van der Waals surface area contributed by atoms with Crippen molar-refractivity contribution in [2.24, 2.45) is 0 Å². The van der Waals surface area contributed by atoms with Crippen LogP contribution in [0.5, 0.6) is 0 Å². The van der Waals surface area contributed by atoms with E-state index in [1.54, 1.807) is 23.9 Å². The second-order valence-corrected chi connectivity index (χ2v) is 6.85. The summed E-state index contributed by atoms with van der Waals surface area (Å²) < 4.78 is 22.5. The van der Waals surface area contributed by atoms with Crippen molar-refractivity contribution in [3.05, 3.63) is 24.3 Å². The zero-order valence-electron chi connectivity index (χ0n) is 9.73. The van der Waals surface area contributed by atoms with Crippen LogP contribution in [0.15, 0.2) is 34.1 Å². The lowest BCUT2D eigenvalue weighted by atomic mass is 10.4. The first-order valence-corrected chi connectivity index (χ1v) is 7.91. The van der Waals surface area contributed by atoms with E-state index in [-0.39, 0.29) is 0 Å². The largest absolute Gasteiger partial charge is 0.316 e. The molecule has 0 aliphatic heterocycles. The fraction of sp³-hybridized carbons (Fsp3) is 0.455. The quantitative estimate of drug-likeness (QED) is 0.819. The first kappa shape index (κ1) is 13.5. The topological polar surface area (TPSA) is 46.2 Å². The molecule has 3 nitrogen and oxygen atoms in total. The maximum absolute atomic E-state index is 11.2. The smallest absolute Gasteiger partial charge is 0.175 e. The molecule has 0 fully saturated rings. The van der Waals surface area contributed by atoms with Crippen molar-refractivity contribution < 1.29 is 8.42 Å². The molecule has 1 rings (SSSR count). The van der Waals surface area contributed by atoms with E-state index in [1.807, 2.05) is 19.2 Å². The Kier molecular flexibility index (Phi) is 4.83. The fourth-order valence-corrected chi connectivity index (χ4v) is 2.66. The van der Waals surface area contributed by atoms with Gasteiger partial charge in [0.1, 0.15) is 0 Å². The van der Waals surface area contributed by atoms with E-state index in [2.05, 4.69) is 12.2 Å². The number of hydrogen-bond acceptors (Lipinski definition) is 4. The van der Waals surface area contributed by atoms with Crippen molar-refractivity contribution in [1.82, 2.24) is 5.32 Å². The average Bonchev–Trinajstić information content (AvgIpc) is 2.25. The van der Waals surface area contributed by atoms with Crippen LogP contribution >= 0.6 is 11.8 Å². The third kappa shape index (κ3) is 4.15. The summed E-state index contributed by atoms with van der Waals surface area (Å²) in [4.78, 5) is 1.47. The molecule has 16 heavy (non-hydrogen) atoms. The van der Waals surface area contributed by atoms with Crippen LogP contribution in [0.4, 0.5) is 0 Å².